The van der Waals surface area contributed by atoms with Crippen molar-refractivity contribution in [2.45, 2.75) is 6.54 Å². The molecule has 2 aromatic rings. The van der Waals surface area contributed by atoms with Crippen LogP contribution < -0.4 is 20.3 Å². The van der Waals surface area contributed by atoms with Gasteiger partial charge >= 0.3 is 0 Å². The van der Waals surface area contributed by atoms with Crippen LogP contribution in [0.1, 0.15) is 15.9 Å². The lowest BCUT2D eigenvalue weighted by atomic mass is 10.1. The van der Waals surface area contributed by atoms with Crippen LogP contribution in [0.5, 0.6) is 11.5 Å². The molecule has 0 spiro atoms. The van der Waals surface area contributed by atoms with Crippen LogP contribution in [0.25, 0.3) is 0 Å². The molecule has 0 atom stereocenters. The number of aryl methyl sites for hydroxylation is 1. The molecule has 0 aliphatic carbocycles. The van der Waals surface area contributed by atoms with E-state index >= 15 is 0 Å². The summed E-state index contributed by atoms with van der Waals surface area (Å²) in [5, 5.41) is 2.72. The summed E-state index contributed by atoms with van der Waals surface area (Å²) in [6.45, 7) is 0.159. The Hall–Kier alpha value is -2.76. The fraction of sp³-hybridized carbons (Fsp3) is 0.250. The summed E-state index contributed by atoms with van der Waals surface area (Å²) in [6, 6.07) is 8.36. The van der Waals surface area contributed by atoms with Crippen LogP contribution in [0.2, 0.25) is 0 Å². The van der Waals surface area contributed by atoms with Gasteiger partial charge in [0, 0.05) is 37.0 Å². The van der Waals surface area contributed by atoms with Gasteiger partial charge in [-0.15, -0.1) is 0 Å². The summed E-state index contributed by atoms with van der Waals surface area (Å²) >= 11 is 0. The average Bonchev–Trinajstić information content (AvgIpc) is 2.55. The Morgan fingerprint density at radius 3 is 2.41 bits per heavy atom. The van der Waals surface area contributed by atoms with E-state index in [-0.39, 0.29) is 18.0 Å². The second-order valence-corrected chi connectivity index (χ2v) is 4.73. The molecule has 0 fully saturated rings. The summed E-state index contributed by atoms with van der Waals surface area (Å²) in [4.78, 5) is 24.1. The Labute approximate surface area is 128 Å². The number of rotatable bonds is 5. The lowest BCUT2D eigenvalue weighted by molar-refractivity contribution is 0.0950. The van der Waals surface area contributed by atoms with Gasteiger partial charge in [-0.2, -0.15) is 0 Å². The van der Waals surface area contributed by atoms with Gasteiger partial charge in [-0.25, -0.2) is 0 Å². The first kappa shape index (κ1) is 15.6. The number of hydrogen-bond donors (Lipinski definition) is 1. The highest BCUT2D eigenvalue weighted by molar-refractivity contribution is 5.95. The monoisotopic (exact) mass is 302 g/mol. The molecule has 2 rings (SSSR count). The van der Waals surface area contributed by atoms with Crippen LogP contribution in [-0.4, -0.2) is 24.7 Å². The topological polar surface area (TPSA) is 69.6 Å². The molecule has 1 amide bonds. The summed E-state index contributed by atoms with van der Waals surface area (Å²) < 4.78 is 11.7. The molecular formula is C16H18N2O4. The maximum atomic E-state index is 12.2. The van der Waals surface area contributed by atoms with Crippen molar-refractivity contribution >= 4 is 5.91 Å². The van der Waals surface area contributed by atoms with E-state index in [0.29, 0.717) is 22.6 Å². The minimum absolute atomic E-state index is 0.133. The molecular weight excluding hydrogens is 284 g/mol. The fourth-order valence-corrected chi connectivity index (χ4v) is 2.00. The number of pyridine rings is 1. The number of nitrogens with one attached hydrogen (secondary N) is 1. The zero-order valence-electron chi connectivity index (χ0n) is 12.8. The number of benzene rings is 1. The highest BCUT2D eigenvalue weighted by atomic mass is 16.5. The third-order valence-electron chi connectivity index (χ3n) is 3.26. The summed E-state index contributed by atoms with van der Waals surface area (Å²) in [6.07, 6.45) is 1.67. The molecule has 0 aliphatic rings. The standard InChI is InChI=1S/C16H18N2O4/c1-18-6-4-5-11(16(18)20)10-17-15(19)12-7-13(21-2)9-14(8-12)22-3/h4-9H,10H2,1-3H3,(H,17,19). The van der Waals surface area contributed by atoms with Crippen molar-refractivity contribution < 1.29 is 14.3 Å². The summed E-state index contributed by atoms with van der Waals surface area (Å²) in [5.74, 6) is 0.753. The van der Waals surface area contributed by atoms with Crippen molar-refractivity contribution in [3.8, 4) is 11.5 Å². The van der Waals surface area contributed by atoms with Crippen LogP contribution >= 0.6 is 0 Å². The van der Waals surface area contributed by atoms with Crippen molar-refractivity contribution in [1.29, 1.82) is 0 Å². The Morgan fingerprint density at radius 2 is 1.82 bits per heavy atom. The average molecular weight is 302 g/mol. The van der Waals surface area contributed by atoms with Gasteiger partial charge < -0.3 is 19.4 Å². The molecule has 0 saturated heterocycles. The quantitative estimate of drug-likeness (QED) is 0.904. The normalized spacial score (nSPS) is 10.1. The molecule has 0 saturated carbocycles. The van der Waals surface area contributed by atoms with E-state index in [9.17, 15) is 9.59 Å². The minimum atomic E-state index is -0.303. The Morgan fingerprint density at radius 1 is 1.18 bits per heavy atom. The van der Waals surface area contributed by atoms with Gasteiger partial charge in [0.05, 0.1) is 14.2 Å². The summed E-state index contributed by atoms with van der Waals surface area (Å²) in [7, 11) is 4.70. The molecule has 6 heteroatoms. The fourth-order valence-electron chi connectivity index (χ4n) is 2.00. The van der Waals surface area contributed by atoms with Gasteiger partial charge in [0.2, 0.25) is 0 Å². The van der Waals surface area contributed by atoms with Gasteiger partial charge in [0.15, 0.2) is 0 Å². The second-order valence-electron chi connectivity index (χ2n) is 4.73. The third-order valence-corrected chi connectivity index (χ3v) is 3.26. The van der Waals surface area contributed by atoms with E-state index in [1.54, 1.807) is 43.6 Å². The van der Waals surface area contributed by atoms with Crippen molar-refractivity contribution in [3.63, 3.8) is 0 Å². The number of aromatic nitrogens is 1. The van der Waals surface area contributed by atoms with Crippen LogP contribution in [0.15, 0.2) is 41.3 Å². The Bertz CT molecular complexity index is 715. The van der Waals surface area contributed by atoms with Crippen LogP contribution in [-0.2, 0) is 13.6 Å². The van der Waals surface area contributed by atoms with E-state index in [0.717, 1.165) is 0 Å². The lowest BCUT2D eigenvalue weighted by Crippen LogP contribution is -2.28. The number of methoxy groups -OCH3 is 2. The Balaban J connectivity index is 2.15. The first-order valence-corrected chi connectivity index (χ1v) is 6.71. The Kier molecular flexibility index (Phi) is 4.83. The largest absolute Gasteiger partial charge is 0.497 e. The number of carbonyl (C=O) groups excluding carboxylic acids is 1. The van der Waals surface area contributed by atoms with Gasteiger partial charge in [-0.05, 0) is 18.2 Å². The van der Waals surface area contributed by atoms with Gasteiger partial charge in [-0.3, -0.25) is 9.59 Å². The van der Waals surface area contributed by atoms with Crippen molar-refractivity contribution in [1.82, 2.24) is 9.88 Å². The zero-order chi connectivity index (χ0) is 16.1. The van der Waals surface area contributed by atoms with Gasteiger partial charge in [0.1, 0.15) is 11.5 Å². The van der Waals surface area contributed by atoms with Crippen LogP contribution in [0.3, 0.4) is 0 Å². The number of hydrogen-bond acceptors (Lipinski definition) is 4. The van der Waals surface area contributed by atoms with E-state index in [4.69, 9.17) is 9.47 Å². The van der Waals surface area contributed by atoms with E-state index in [1.807, 2.05) is 0 Å². The van der Waals surface area contributed by atoms with E-state index in [2.05, 4.69) is 5.32 Å². The number of carbonyl (C=O) groups is 1. The van der Waals surface area contributed by atoms with Gasteiger partial charge in [0.25, 0.3) is 11.5 Å². The molecule has 1 N–H and O–H groups in total. The lowest BCUT2D eigenvalue weighted by Gasteiger charge is -2.09. The zero-order valence-corrected chi connectivity index (χ0v) is 12.8. The van der Waals surface area contributed by atoms with Crippen LogP contribution in [0, 0.1) is 0 Å². The highest BCUT2D eigenvalue weighted by Gasteiger charge is 2.10. The predicted molar refractivity (Wildman–Crippen MR) is 82.4 cm³/mol. The molecule has 1 aromatic heterocycles. The first-order chi connectivity index (χ1) is 10.5. The molecule has 0 aliphatic heterocycles. The first-order valence-electron chi connectivity index (χ1n) is 6.71. The SMILES string of the molecule is COc1cc(OC)cc(C(=O)NCc2cccn(C)c2=O)c1. The molecule has 0 unspecified atom stereocenters. The van der Waals surface area contributed by atoms with E-state index < -0.39 is 0 Å². The summed E-state index contributed by atoms with van der Waals surface area (Å²) in [5.41, 5.74) is 0.795. The molecule has 0 radical (unpaired) electrons. The van der Waals surface area contributed by atoms with Gasteiger partial charge in [-0.1, -0.05) is 6.07 Å². The maximum Gasteiger partial charge on any atom is 0.255 e. The van der Waals surface area contributed by atoms with Crippen LogP contribution in [0.4, 0.5) is 0 Å². The minimum Gasteiger partial charge on any atom is -0.497 e. The van der Waals surface area contributed by atoms with Crippen molar-refractivity contribution in [2.24, 2.45) is 7.05 Å². The molecule has 1 aromatic carbocycles. The number of ether oxygens (including phenoxy) is 2. The molecule has 116 valence electrons. The maximum absolute atomic E-state index is 12.2. The molecule has 22 heavy (non-hydrogen) atoms. The molecule has 0 bridgehead atoms. The molecule has 1 heterocycles. The second kappa shape index (κ2) is 6.80. The third kappa shape index (κ3) is 3.46. The molecule has 6 nitrogen and oxygen atoms in total. The van der Waals surface area contributed by atoms with Crippen molar-refractivity contribution in [3.05, 3.63) is 58.0 Å². The van der Waals surface area contributed by atoms with E-state index in [1.165, 1.54) is 18.8 Å². The number of nitrogens with zero attached hydrogens (tertiary/aromatic N) is 1. The smallest absolute Gasteiger partial charge is 0.255 e. The number of amides is 1. The predicted octanol–water partition coefficient (Wildman–Crippen LogP) is 1.33. The highest BCUT2D eigenvalue weighted by Crippen LogP contribution is 2.22. The van der Waals surface area contributed by atoms with Crippen molar-refractivity contribution in [2.75, 3.05) is 14.2 Å².